The van der Waals surface area contributed by atoms with Crippen LogP contribution in [0.1, 0.15) is 5.56 Å². The average molecular weight is 277 g/mol. The maximum absolute atomic E-state index is 11.6. The van der Waals surface area contributed by atoms with Gasteiger partial charge in [0, 0.05) is 0 Å². The summed E-state index contributed by atoms with van der Waals surface area (Å²) >= 11 is 0. The number of methoxy groups -OCH3 is 1. The fourth-order valence-electron chi connectivity index (χ4n) is 1.69. The third-order valence-corrected chi connectivity index (χ3v) is 2.74. The molecule has 8 heteroatoms. The van der Waals surface area contributed by atoms with Crippen molar-refractivity contribution in [2.24, 2.45) is 5.18 Å². The van der Waals surface area contributed by atoms with Crippen molar-refractivity contribution in [2.45, 2.75) is 6.54 Å². The van der Waals surface area contributed by atoms with E-state index in [1.54, 1.807) is 24.3 Å². The summed E-state index contributed by atoms with van der Waals surface area (Å²) < 4.78 is 5.84. The highest BCUT2D eigenvalue weighted by atomic mass is 16.5. The second kappa shape index (κ2) is 5.39. The average Bonchev–Trinajstić information content (AvgIpc) is 2.44. The van der Waals surface area contributed by atoms with Gasteiger partial charge in [-0.15, -0.1) is 4.91 Å². The predicted molar refractivity (Wildman–Crippen MR) is 70.5 cm³/mol. The second-order valence-electron chi connectivity index (χ2n) is 3.96. The number of nitrogens with zero attached hydrogens (tertiary/aromatic N) is 2. The molecule has 104 valence electrons. The molecule has 8 nitrogen and oxygen atoms in total. The van der Waals surface area contributed by atoms with Crippen molar-refractivity contribution >= 4 is 5.69 Å². The van der Waals surface area contributed by atoms with Crippen molar-refractivity contribution in [2.75, 3.05) is 7.11 Å². The molecule has 2 N–H and O–H groups in total. The zero-order chi connectivity index (χ0) is 14.7. The lowest BCUT2D eigenvalue weighted by Crippen LogP contribution is -2.29. The Morgan fingerprint density at radius 1 is 1.30 bits per heavy atom. The summed E-state index contributed by atoms with van der Waals surface area (Å²) in [7, 11) is 1.52. The molecule has 20 heavy (non-hydrogen) atoms. The van der Waals surface area contributed by atoms with Crippen LogP contribution >= 0.6 is 0 Å². The molecule has 0 aliphatic rings. The maximum Gasteiger partial charge on any atom is 0.331 e. The lowest BCUT2D eigenvalue weighted by molar-refractivity contribution is 0.410. The van der Waals surface area contributed by atoms with Crippen LogP contribution in [0.25, 0.3) is 0 Å². The van der Waals surface area contributed by atoms with Crippen molar-refractivity contribution < 1.29 is 9.84 Å². The Morgan fingerprint density at radius 2 is 1.95 bits per heavy atom. The molecule has 2 aromatic rings. The van der Waals surface area contributed by atoms with Crippen LogP contribution in [0, 0.1) is 4.91 Å². The van der Waals surface area contributed by atoms with Crippen LogP contribution in [0.5, 0.6) is 11.6 Å². The number of aromatic nitrogens is 2. The van der Waals surface area contributed by atoms with Crippen molar-refractivity contribution in [1.29, 1.82) is 0 Å². The number of H-pyrrole nitrogens is 1. The van der Waals surface area contributed by atoms with Crippen molar-refractivity contribution in [3.8, 4) is 11.6 Å². The molecule has 1 aromatic carbocycles. The number of benzene rings is 1. The molecule has 0 spiro atoms. The van der Waals surface area contributed by atoms with Crippen molar-refractivity contribution in [3.63, 3.8) is 0 Å². The Labute approximate surface area is 112 Å². The molecule has 0 bridgehead atoms. The van der Waals surface area contributed by atoms with Gasteiger partial charge in [-0.2, -0.15) is 0 Å². The summed E-state index contributed by atoms with van der Waals surface area (Å²) in [5.74, 6) is -0.119. The van der Waals surface area contributed by atoms with Crippen LogP contribution in [0.3, 0.4) is 0 Å². The molecule has 0 radical (unpaired) electrons. The number of rotatable bonds is 4. The first kappa shape index (κ1) is 13.5. The van der Waals surface area contributed by atoms with Gasteiger partial charge < -0.3 is 9.84 Å². The third-order valence-electron chi connectivity index (χ3n) is 2.74. The van der Waals surface area contributed by atoms with E-state index >= 15 is 0 Å². The number of aromatic amines is 1. The van der Waals surface area contributed by atoms with E-state index in [0.29, 0.717) is 11.3 Å². The Kier molecular flexibility index (Phi) is 3.65. The van der Waals surface area contributed by atoms with Crippen LogP contribution in [0.2, 0.25) is 0 Å². The van der Waals surface area contributed by atoms with E-state index in [9.17, 15) is 19.6 Å². The van der Waals surface area contributed by atoms with E-state index in [2.05, 4.69) is 5.18 Å². The molecule has 0 saturated carbocycles. The molecule has 0 saturated heterocycles. The van der Waals surface area contributed by atoms with Gasteiger partial charge in [0.15, 0.2) is 0 Å². The molecular formula is C12H11N3O5. The van der Waals surface area contributed by atoms with Gasteiger partial charge in [0.25, 0.3) is 5.56 Å². The summed E-state index contributed by atoms with van der Waals surface area (Å²) in [5.41, 5.74) is -1.89. The van der Waals surface area contributed by atoms with Crippen LogP contribution in [0.15, 0.2) is 39.0 Å². The lowest BCUT2D eigenvalue weighted by atomic mass is 10.2. The van der Waals surface area contributed by atoms with Crippen LogP contribution in [0.4, 0.5) is 5.69 Å². The highest BCUT2D eigenvalue weighted by Gasteiger charge is 2.14. The summed E-state index contributed by atoms with van der Waals surface area (Å²) in [5, 5.41) is 12.2. The van der Waals surface area contributed by atoms with Gasteiger partial charge in [0.2, 0.25) is 11.6 Å². The molecule has 0 atom stereocenters. The first-order valence-electron chi connectivity index (χ1n) is 5.59. The summed E-state index contributed by atoms with van der Waals surface area (Å²) in [4.78, 5) is 35.3. The van der Waals surface area contributed by atoms with E-state index in [4.69, 9.17) is 4.74 Å². The first-order chi connectivity index (χ1) is 9.56. The zero-order valence-electron chi connectivity index (χ0n) is 10.5. The molecule has 0 amide bonds. The zero-order valence-corrected chi connectivity index (χ0v) is 10.5. The minimum absolute atomic E-state index is 0.0199. The maximum atomic E-state index is 11.6. The van der Waals surface area contributed by atoms with Crippen molar-refractivity contribution in [3.05, 3.63) is 55.6 Å². The molecule has 0 unspecified atom stereocenters. The van der Waals surface area contributed by atoms with E-state index in [1.807, 2.05) is 4.98 Å². The summed E-state index contributed by atoms with van der Waals surface area (Å²) in [6.45, 7) is -0.0199. The smallest absolute Gasteiger partial charge is 0.331 e. The third kappa shape index (κ3) is 2.44. The summed E-state index contributed by atoms with van der Waals surface area (Å²) in [6, 6.07) is 6.73. The lowest BCUT2D eigenvalue weighted by Gasteiger charge is -2.09. The number of ether oxygens (including phenoxy) is 1. The van der Waals surface area contributed by atoms with E-state index in [-0.39, 0.29) is 6.54 Å². The Morgan fingerprint density at radius 3 is 2.50 bits per heavy atom. The van der Waals surface area contributed by atoms with Gasteiger partial charge in [-0.05, 0) is 22.9 Å². The number of nitrogens with one attached hydrogen (secondary N) is 1. The van der Waals surface area contributed by atoms with Crippen LogP contribution in [-0.2, 0) is 6.54 Å². The van der Waals surface area contributed by atoms with Crippen LogP contribution in [-0.4, -0.2) is 21.8 Å². The van der Waals surface area contributed by atoms with Gasteiger partial charge in [-0.1, -0.05) is 12.1 Å². The van der Waals surface area contributed by atoms with Gasteiger partial charge in [-0.3, -0.25) is 14.3 Å². The highest BCUT2D eigenvalue weighted by molar-refractivity contribution is 5.44. The molecule has 2 rings (SSSR count). The first-order valence-corrected chi connectivity index (χ1v) is 5.59. The van der Waals surface area contributed by atoms with Gasteiger partial charge >= 0.3 is 5.69 Å². The minimum atomic E-state index is -1.02. The Balaban J connectivity index is 2.45. The van der Waals surface area contributed by atoms with E-state index in [1.165, 1.54) is 7.11 Å². The number of hydrogen-bond acceptors (Lipinski definition) is 6. The molecule has 0 aliphatic heterocycles. The monoisotopic (exact) mass is 277 g/mol. The number of hydrogen-bond donors (Lipinski definition) is 2. The summed E-state index contributed by atoms with van der Waals surface area (Å²) in [6.07, 6.45) is 0. The number of aromatic hydroxyl groups is 1. The standard InChI is InChI=1S/C12H11N3O5/c1-20-8-4-2-7(3-5-8)6-15-11(17)9(14-19)10(16)13-12(15)18/h2-5,17H,6H2,1H3,(H,13,16,18). The second-order valence-corrected chi connectivity index (χ2v) is 3.96. The van der Waals surface area contributed by atoms with E-state index in [0.717, 1.165) is 4.57 Å². The Hall–Kier alpha value is -2.90. The van der Waals surface area contributed by atoms with E-state index < -0.39 is 22.8 Å². The number of nitroso groups, excluding NO2 is 1. The Bertz CT molecular complexity index is 745. The molecule has 1 aromatic heterocycles. The van der Waals surface area contributed by atoms with Gasteiger partial charge in [0.05, 0.1) is 13.7 Å². The topological polar surface area (TPSA) is 114 Å². The molecule has 0 fully saturated rings. The van der Waals surface area contributed by atoms with Gasteiger partial charge in [-0.25, -0.2) is 4.79 Å². The van der Waals surface area contributed by atoms with Crippen LogP contribution < -0.4 is 16.0 Å². The molecule has 0 aliphatic carbocycles. The minimum Gasteiger partial charge on any atom is -0.497 e. The molecular weight excluding hydrogens is 266 g/mol. The normalized spacial score (nSPS) is 10.2. The highest BCUT2D eigenvalue weighted by Crippen LogP contribution is 2.20. The fourth-order valence-corrected chi connectivity index (χ4v) is 1.69. The molecule has 1 heterocycles. The largest absolute Gasteiger partial charge is 0.497 e. The SMILES string of the molecule is COc1ccc(Cn2c(O)c(N=O)c(=O)[nH]c2=O)cc1. The van der Waals surface area contributed by atoms with Crippen molar-refractivity contribution in [1.82, 2.24) is 9.55 Å². The predicted octanol–water partition coefficient (Wildman–Crippen LogP) is 0.697. The van der Waals surface area contributed by atoms with Gasteiger partial charge in [0.1, 0.15) is 5.75 Å². The quantitative estimate of drug-likeness (QED) is 0.798. The fraction of sp³-hybridized carbons (Fsp3) is 0.167.